The number of carbonyl (C=O) groups excluding carboxylic acids is 1. The van der Waals surface area contributed by atoms with Crippen molar-refractivity contribution in [3.05, 3.63) is 29.6 Å². The van der Waals surface area contributed by atoms with Crippen molar-refractivity contribution in [2.45, 2.75) is 18.6 Å². The molecule has 3 nitrogen and oxygen atoms in total. The van der Waals surface area contributed by atoms with Crippen LogP contribution in [0, 0.1) is 5.82 Å². The third-order valence-electron chi connectivity index (χ3n) is 2.49. The number of nitrogens with two attached hydrogens (primary N) is 1. The first-order chi connectivity index (χ1) is 8.13. The Kier molecular flexibility index (Phi) is 3.66. The summed E-state index contributed by atoms with van der Waals surface area (Å²) in [5.74, 6) is -3.03. The second-order valence-corrected chi connectivity index (χ2v) is 3.85. The Morgan fingerprint density at radius 1 is 1.33 bits per heavy atom. The molecule has 1 atom stereocenters. The van der Waals surface area contributed by atoms with E-state index in [1.54, 1.807) is 0 Å². The molecule has 1 aromatic carbocycles. The highest BCUT2D eigenvalue weighted by Crippen LogP contribution is 2.32. The van der Waals surface area contributed by atoms with Gasteiger partial charge < -0.3 is 10.5 Å². The summed E-state index contributed by atoms with van der Waals surface area (Å²) >= 11 is 0. The lowest BCUT2D eigenvalue weighted by Gasteiger charge is -2.26. The molecular weight excluding hydrogens is 254 g/mol. The van der Waals surface area contributed by atoms with E-state index in [0.29, 0.717) is 6.92 Å². The lowest BCUT2D eigenvalue weighted by molar-refractivity contribution is -0.165. The fourth-order valence-corrected chi connectivity index (χ4v) is 1.25. The number of benzene rings is 1. The molecular formula is C11H11F4NO2. The highest BCUT2D eigenvalue weighted by atomic mass is 19.4. The van der Waals surface area contributed by atoms with Crippen LogP contribution < -0.4 is 10.5 Å². The summed E-state index contributed by atoms with van der Waals surface area (Å²) in [5, 5.41) is 0. The Bertz CT molecular complexity index is 469. The Balaban J connectivity index is 3.28. The first-order valence-electron chi connectivity index (χ1n) is 4.86. The van der Waals surface area contributed by atoms with Gasteiger partial charge in [0.05, 0.1) is 12.7 Å². The number of halogens is 4. The molecule has 0 saturated carbocycles. The molecule has 0 fully saturated rings. The van der Waals surface area contributed by atoms with Gasteiger partial charge >= 0.3 is 6.18 Å². The first kappa shape index (κ1) is 14.4. The van der Waals surface area contributed by atoms with Crippen LogP contribution in [0.1, 0.15) is 17.3 Å². The van der Waals surface area contributed by atoms with Crippen LogP contribution in [-0.2, 0) is 0 Å². The van der Waals surface area contributed by atoms with Gasteiger partial charge in [0.15, 0.2) is 22.9 Å². The summed E-state index contributed by atoms with van der Waals surface area (Å²) in [6, 6.07) is 3.33. The van der Waals surface area contributed by atoms with Gasteiger partial charge in [-0.3, -0.25) is 4.79 Å². The van der Waals surface area contributed by atoms with E-state index in [1.165, 1.54) is 12.1 Å². The molecule has 18 heavy (non-hydrogen) atoms. The fourth-order valence-electron chi connectivity index (χ4n) is 1.25. The molecule has 0 bridgehead atoms. The second kappa shape index (κ2) is 4.56. The third kappa shape index (κ3) is 2.31. The highest BCUT2D eigenvalue weighted by Gasteiger charge is 2.54. The predicted octanol–water partition coefficient (Wildman–Crippen LogP) is 2.30. The molecule has 0 spiro atoms. The van der Waals surface area contributed by atoms with Crippen LogP contribution in [-0.4, -0.2) is 24.6 Å². The lowest BCUT2D eigenvalue weighted by Crippen LogP contribution is -2.57. The minimum atomic E-state index is -4.97. The van der Waals surface area contributed by atoms with E-state index in [9.17, 15) is 22.4 Å². The highest BCUT2D eigenvalue weighted by molar-refractivity contribution is 6.04. The summed E-state index contributed by atoms with van der Waals surface area (Å²) in [5.41, 5.74) is 1.04. The minimum Gasteiger partial charge on any atom is -0.494 e. The largest absolute Gasteiger partial charge is 0.494 e. The molecule has 0 aromatic heterocycles. The molecule has 1 unspecified atom stereocenters. The number of hydrogen-bond acceptors (Lipinski definition) is 3. The van der Waals surface area contributed by atoms with Gasteiger partial charge in [0.25, 0.3) is 0 Å². The zero-order valence-corrected chi connectivity index (χ0v) is 9.64. The number of methoxy groups -OCH3 is 1. The number of alkyl halides is 3. The summed E-state index contributed by atoms with van der Waals surface area (Å²) < 4.78 is 56.0. The van der Waals surface area contributed by atoms with E-state index < -0.39 is 28.9 Å². The number of ether oxygens (including phenoxy) is 1. The average Bonchev–Trinajstić information content (AvgIpc) is 2.27. The Morgan fingerprint density at radius 2 is 1.89 bits per heavy atom. The lowest BCUT2D eigenvalue weighted by atomic mass is 9.91. The Hall–Kier alpha value is -1.63. The number of hydrogen-bond donors (Lipinski definition) is 1. The fraction of sp³-hybridized carbons (Fsp3) is 0.364. The van der Waals surface area contributed by atoms with E-state index >= 15 is 0 Å². The van der Waals surface area contributed by atoms with Crippen LogP contribution in [0.2, 0.25) is 0 Å². The van der Waals surface area contributed by atoms with Crippen LogP contribution in [0.15, 0.2) is 18.2 Å². The maximum absolute atomic E-state index is 13.7. The van der Waals surface area contributed by atoms with Crippen LogP contribution in [0.3, 0.4) is 0 Å². The van der Waals surface area contributed by atoms with Crippen molar-refractivity contribution in [3.63, 3.8) is 0 Å². The van der Waals surface area contributed by atoms with E-state index in [4.69, 9.17) is 5.73 Å². The van der Waals surface area contributed by atoms with Gasteiger partial charge in [-0.1, -0.05) is 6.07 Å². The van der Waals surface area contributed by atoms with Crippen molar-refractivity contribution < 1.29 is 27.1 Å². The summed E-state index contributed by atoms with van der Waals surface area (Å²) in [7, 11) is 1.14. The normalized spacial score (nSPS) is 15.1. The quantitative estimate of drug-likeness (QED) is 0.674. The molecule has 1 aromatic rings. The van der Waals surface area contributed by atoms with Crippen molar-refractivity contribution in [2.24, 2.45) is 5.73 Å². The van der Waals surface area contributed by atoms with Gasteiger partial charge in [-0.25, -0.2) is 4.39 Å². The second-order valence-electron chi connectivity index (χ2n) is 3.85. The molecule has 0 amide bonds. The maximum atomic E-state index is 13.7. The van der Waals surface area contributed by atoms with Gasteiger partial charge in [-0.15, -0.1) is 0 Å². The molecule has 100 valence electrons. The van der Waals surface area contributed by atoms with E-state index in [0.717, 1.165) is 13.2 Å². The van der Waals surface area contributed by atoms with Crippen molar-refractivity contribution in [1.29, 1.82) is 0 Å². The smallest absolute Gasteiger partial charge is 0.413 e. The SMILES string of the molecule is COc1cccc(C(=O)C(C)(N)C(F)(F)F)c1F. The molecule has 0 aliphatic heterocycles. The first-order valence-corrected chi connectivity index (χ1v) is 4.86. The van der Waals surface area contributed by atoms with Gasteiger partial charge in [-0.2, -0.15) is 13.2 Å². The monoisotopic (exact) mass is 265 g/mol. The van der Waals surface area contributed by atoms with Gasteiger partial charge in [-0.05, 0) is 19.1 Å². The zero-order chi connectivity index (χ0) is 14.1. The van der Waals surface area contributed by atoms with E-state index in [2.05, 4.69) is 4.74 Å². The number of carbonyl (C=O) groups is 1. The molecule has 0 heterocycles. The maximum Gasteiger partial charge on any atom is 0.413 e. The summed E-state index contributed by atoms with van der Waals surface area (Å²) in [6.07, 6.45) is -4.97. The molecule has 1 rings (SSSR count). The van der Waals surface area contributed by atoms with Crippen LogP contribution >= 0.6 is 0 Å². The molecule has 7 heteroatoms. The topological polar surface area (TPSA) is 52.3 Å². The summed E-state index contributed by atoms with van der Waals surface area (Å²) in [6.45, 7) is 0.494. The molecule has 0 aliphatic carbocycles. The van der Waals surface area contributed by atoms with Gasteiger partial charge in [0.2, 0.25) is 0 Å². The Morgan fingerprint density at radius 3 is 2.33 bits per heavy atom. The van der Waals surface area contributed by atoms with Crippen molar-refractivity contribution in [1.82, 2.24) is 0 Å². The van der Waals surface area contributed by atoms with E-state index in [-0.39, 0.29) is 5.75 Å². The summed E-state index contributed by atoms with van der Waals surface area (Å²) in [4.78, 5) is 11.7. The number of rotatable bonds is 3. The Labute approximate surface area is 101 Å². The van der Waals surface area contributed by atoms with Crippen LogP contribution in [0.25, 0.3) is 0 Å². The third-order valence-corrected chi connectivity index (χ3v) is 2.49. The van der Waals surface area contributed by atoms with Gasteiger partial charge in [0, 0.05) is 0 Å². The minimum absolute atomic E-state index is 0.321. The zero-order valence-electron chi connectivity index (χ0n) is 9.64. The molecule has 0 saturated heterocycles. The van der Waals surface area contributed by atoms with Crippen molar-refractivity contribution in [2.75, 3.05) is 7.11 Å². The van der Waals surface area contributed by atoms with Crippen molar-refractivity contribution >= 4 is 5.78 Å². The van der Waals surface area contributed by atoms with E-state index in [1.807, 2.05) is 0 Å². The standard InChI is InChI=1S/C11H11F4NO2/c1-10(16,11(13,14)15)9(17)6-4-3-5-7(18-2)8(6)12/h3-5H,16H2,1-2H3. The molecule has 2 N–H and O–H groups in total. The predicted molar refractivity (Wildman–Crippen MR) is 55.9 cm³/mol. The van der Waals surface area contributed by atoms with Crippen molar-refractivity contribution in [3.8, 4) is 5.75 Å². The van der Waals surface area contributed by atoms with Gasteiger partial charge in [0.1, 0.15) is 0 Å². The number of Topliss-reactive ketones (excluding diaryl/α,β-unsaturated/α-hetero) is 1. The average molecular weight is 265 g/mol. The molecule has 0 radical (unpaired) electrons. The molecule has 0 aliphatic rings. The van der Waals surface area contributed by atoms with Crippen LogP contribution in [0.4, 0.5) is 17.6 Å². The number of ketones is 1. The van der Waals surface area contributed by atoms with Crippen LogP contribution in [0.5, 0.6) is 5.75 Å².